The van der Waals surface area contributed by atoms with E-state index in [-0.39, 0.29) is 0 Å². The fraction of sp³-hybridized carbons (Fsp3) is 0. The molecule has 0 amide bonds. The molecule has 4 nitrogen and oxygen atoms in total. The molecule has 0 atom stereocenters. The van der Waals surface area contributed by atoms with Crippen molar-refractivity contribution in [3.05, 3.63) is 54.6 Å². The molecule has 2 aromatic heterocycles. The minimum absolute atomic E-state index is 0.685. The van der Waals surface area contributed by atoms with Gasteiger partial charge in [-0.25, -0.2) is 0 Å². The van der Waals surface area contributed by atoms with Crippen LogP contribution in [0, 0.1) is 0 Å². The number of nitrogens with zero attached hydrogens (tertiary/aromatic N) is 3. The van der Waals surface area contributed by atoms with Crippen LogP contribution in [-0.4, -0.2) is 15.0 Å². The van der Waals surface area contributed by atoms with Crippen LogP contribution < -0.4 is 0 Å². The van der Waals surface area contributed by atoms with Crippen LogP contribution in [0.3, 0.4) is 0 Å². The highest BCUT2D eigenvalue weighted by Crippen LogP contribution is 2.23. The first-order valence-corrected chi connectivity index (χ1v) is 5.71. The molecular weight excluding hydrogens is 226 g/mol. The van der Waals surface area contributed by atoms with Crippen molar-refractivity contribution in [1.82, 2.24) is 15.0 Å². The number of hydrogen-bond acceptors (Lipinski definition) is 3. The Hall–Kier alpha value is -2.62. The van der Waals surface area contributed by atoms with E-state index in [2.05, 4.69) is 10.3 Å². The Labute approximate surface area is 102 Å². The molecule has 4 rings (SSSR count). The van der Waals surface area contributed by atoms with Gasteiger partial charge in [-0.1, -0.05) is 35.5 Å². The summed E-state index contributed by atoms with van der Waals surface area (Å²) in [4.78, 5) is 0. The molecule has 4 aromatic rings. The quantitative estimate of drug-likeness (QED) is 0.509. The smallest absolute Gasteiger partial charge is 0.223 e. The molecule has 0 aliphatic rings. The molecule has 0 N–H and O–H groups in total. The van der Waals surface area contributed by atoms with Crippen LogP contribution in [-0.2, 0) is 0 Å². The third-order valence-electron chi connectivity index (χ3n) is 2.97. The predicted molar refractivity (Wildman–Crippen MR) is 68.6 cm³/mol. The summed E-state index contributed by atoms with van der Waals surface area (Å²) < 4.78 is 7.50. The molecule has 0 saturated carbocycles. The minimum atomic E-state index is 0.685. The highest BCUT2D eigenvalue weighted by atomic mass is 16.4. The van der Waals surface area contributed by atoms with E-state index in [4.69, 9.17) is 4.42 Å². The molecule has 0 saturated heterocycles. The second-order valence-electron chi connectivity index (χ2n) is 4.11. The van der Waals surface area contributed by atoms with Crippen molar-refractivity contribution in [2.45, 2.75) is 0 Å². The van der Waals surface area contributed by atoms with Gasteiger partial charge in [0.05, 0.1) is 5.52 Å². The van der Waals surface area contributed by atoms with Gasteiger partial charge in [0.2, 0.25) is 5.88 Å². The number of rotatable bonds is 1. The number of benzene rings is 2. The lowest BCUT2D eigenvalue weighted by molar-refractivity contribution is 0.558. The van der Waals surface area contributed by atoms with E-state index in [1.165, 1.54) is 0 Å². The van der Waals surface area contributed by atoms with E-state index < -0.39 is 0 Å². The molecule has 2 aromatic carbocycles. The second kappa shape index (κ2) is 3.43. The Kier molecular flexibility index (Phi) is 1.80. The number of fused-ring (bicyclic) bond motifs is 2. The molecule has 0 unspecified atom stereocenters. The molecule has 0 aliphatic carbocycles. The van der Waals surface area contributed by atoms with Gasteiger partial charge in [0.25, 0.3) is 0 Å². The summed E-state index contributed by atoms with van der Waals surface area (Å²) in [6, 6.07) is 17.7. The molecule has 2 heterocycles. The molecule has 0 fully saturated rings. The molecule has 0 bridgehead atoms. The predicted octanol–water partition coefficient (Wildman–Crippen LogP) is 3.17. The molecule has 86 valence electrons. The molecule has 0 aliphatic heterocycles. The largest absolute Gasteiger partial charge is 0.438 e. The SMILES string of the molecule is c1ccc2oc(-n3nnc4ccccc43)cc2c1. The lowest BCUT2D eigenvalue weighted by Gasteiger charge is -1.95. The van der Waals surface area contributed by atoms with Crippen molar-refractivity contribution in [2.24, 2.45) is 0 Å². The third-order valence-corrected chi connectivity index (χ3v) is 2.97. The van der Waals surface area contributed by atoms with Crippen LogP contribution in [0.4, 0.5) is 0 Å². The average molecular weight is 235 g/mol. The highest BCUT2D eigenvalue weighted by molar-refractivity contribution is 5.81. The van der Waals surface area contributed by atoms with Gasteiger partial charge in [0.1, 0.15) is 11.1 Å². The minimum Gasteiger partial charge on any atom is -0.438 e. The second-order valence-corrected chi connectivity index (χ2v) is 4.11. The summed E-state index contributed by atoms with van der Waals surface area (Å²) in [7, 11) is 0. The highest BCUT2D eigenvalue weighted by Gasteiger charge is 2.10. The Morgan fingerprint density at radius 3 is 2.72 bits per heavy atom. The number of aromatic nitrogens is 3. The van der Waals surface area contributed by atoms with Crippen molar-refractivity contribution in [3.8, 4) is 5.88 Å². The van der Waals surface area contributed by atoms with Gasteiger partial charge in [-0.05, 0) is 18.2 Å². The monoisotopic (exact) mass is 235 g/mol. The van der Waals surface area contributed by atoms with Crippen LogP contribution in [0.1, 0.15) is 0 Å². The van der Waals surface area contributed by atoms with Gasteiger partial charge >= 0.3 is 0 Å². The van der Waals surface area contributed by atoms with Crippen molar-refractivity contribution >= 4 is 22.0 Å². The Bertz CT molecular complexity index is 811. The van der Waals surface area contributed by atoms with Crippen molar-refractivity contribution in [1.29, 1.82) is 0 Å². The topological polar surface area (TPSA) is 43.9 Å². The van der Waals surface area contributed by atoms with E-state index in [9.17, 15) is 0 Å². The standard InChI is InChI=1S/C14H9N3O/c1-4-8-13-10(5-1)9-14(18-13)17-12-7-3-2-6-11(12)15-16-17/h1-9H. The first-order valence-electron chi connectivity index (χ1n) is 5.71. The van der Waals surface area contributed by atoms with Crippen LogP contribution in [0.2, 0.25) is 0 Å². The van der Waals surface area contributed by atoms with Crippen LogP contribution in [0.5, 0.6) is 0 Å². The summed E-state index contributed by atoms with van der Waals surface area (Å²) >= 11 is 0. The van der Waals surface area contributed by atoms with Gasteiger partial charge in [-0.15, -0.1) is 5.10 Å². The van der Waals surface area contributed by atoms with Gasteiger partial charge in [-0.2, -0.15) is 4.68 Å². The summed E-state index contributed by atoms with van der Waals surface area (Å²) in [6.07, 6.45) is 0. The summed E-state index contributed by atoms with van der Waals surface area (Å²) in [5.74, 6) is 0.685. The third kappa shape index (κ3) is 1.26. The number of para-hydroxylation sites is 2. The van der Waals surface area contributed by atoms with E-state index in [1.807, 2.05) is 54.6 Å². The molecule has 0 spiro atoms. The van der Waals surface area contributed by atoms with Crippen molar-refractivity contribution in [2.75, 3.05) is 0 Å². The molecular formula is C14H9N3O. The first-order chi connectivity index (χ1) is 8.92. The Balaban J connectivity index is 2.01. The molecule has 18 heavy (non-hydrogen) atoms. The summed E-state index contributed by atoms with van der Waals surface area (Å²) in [5.41, 5.74) is 2.65. The zero-order chi connectivity index (χ0) is 11.9. The molecule has 4 heteroatoms. The van der Waals surface area contributed by atoms with Crippen LogP contribution >= 0.6 is 0 Å². The molecule has 0 radical (unpaired) electrons. The first kappa shape index (κ1) is 9.41. The lowest BCUT2D eigenvalue weighted by atomic mass is 10.2. The Morgan fingerprint density at radius 1 is 0.944 bits per heavy atom. The van der Waals surface area contributed by atoms with E-state index >= 15 is 0 Å². The maximum absolute atomic E-state index is 5.78. The average Bonchev–Trinajstić information content (AvgIpc) is 3.02. The van der Waals surface area contributed by atoms with E-state index in [1.54, 1.807) is 4.68 Å². The van der Waals surface area contributed by atoms with Gasteiger partial charge in [-0.3, -0.25) is 0 Å². The van der Waals surface area contributed by atoms with E-state index in [0.717, 1.165) is 22.0 Å². The maximum Gasteiger partial charge on any atom is 0.223 e. The fourth-order valence-electron chi connectivity index (χ4n) is 2.10. The zero-order valence-corrected chi connectivity index (χ0v) is 9.45. The van der Waals surface area contributed by atoms with Crippen molar-refractivity contribution < 1.29 is 4.42 Å². The summed E-state index contributed by atoms with van der Waals surface area (Å²) in [5, 5.41) is 9.31. The van der Waals surface area contributed by atoms with Gasteiger partial charge < -0.3 is 4.42 Å². The van der Waals surface area contributed by atoms with Crippen LogP contribution in [0.25, 0.3) is 27.9 Å². The zero-order valence-electron chi connectivity index (χ0n) is 9.45. The summed E-state index contributed by atoms with van der Waals surface area (Å²) in [6.45, 7) is 0. The van der Waals surface area contributed by atoms with Gasteiger partial charge in [0, 0.05) is 11.5 Å². The normalized spacial score (nSPS) is 11.3. The Morgan fingerprint density at radius 2 is 1.78 bits per heavy atom. The number of hydrogen-bond donors (Lipinski definition) is 0. The fourth-order valence-corrected chi connectivity index (χ4v) is 2.10. The van der Waals surface area contributed by atoms with Gasteiger partial charge in [0.15, 0.2) is 0 Å². The van der Waals surface area contributed by atoms with Crippen molar-refractivity contribution in [3.63, 3.8) is 0 Å². The maximum atomic E-state index is 5.78. The number of furan rings is 1. The lowest BCUT2D eigenvalue weighted by Crippen LogP contribution is -1.93. The van der Waals surface area contributed by atoms with E-state index in [0.29, 0.717) is 5.88 Å². The van der Waals surface area contributed by atoms with Crippen LogP contribution in [0.15, 0.2) is 59.0 Å².